The molecule has 2 aromatic rings. The summed E-state index contributed by atoms with van der Waals surface area (Å²) < 4.78 is 0. The smallest absolute Gasteiger partial charge is 0.115 e. The number of fused-ring (bicyclic) bond motifs is 4. The third kappa shape index (κ3) is 1.85. The lowest BCUT2D eigenvalue weighted by Gasteiger charge is -2.61. The van der Waals surface area contributed by atoms with Gasteiger partial charge in [0, 0.05) is 0 Å². The highest BCUT2D eigenvalue weighted by Crippen LogP contribution is 2.57. The van der Waals surface area contributed by atoms with Crippen LogP contribution < -0.4 is 0 Å². The summed E-state index contributed by atoms with van der Waals surface area (Å²) in [7, 11) is 2.27. The van der Waals surface area contributed by atoms with Crippen LogP contribution in [0.1, 0.15) is 37.0 Å². The van der Waals surface area contributed by atoms with Crippen LogP contribution in [-0.2, 0) is 17.4 Å². The zero-order valence-corrected chi connectivity index (χ0v) is 14.2. The van der Waals surface area contributed by atoms with E-state index in [1.54, 1.807) is 0 Å². The molecule has 1 saturated heterocycles. The Morgan fingerprint density at radius 1 is 1.13 bits per heavy atom. The van der Waals surface area contributed by atoms with Crippen molar-refractivity contribution in [3.8, 4) is 5.75 Å². The van der Waals surface area contributed by atoms with E-state index < -0.39 is 0 Å². The number of piperidine rings is 1. The number of nitrogens with zero attached hydrogens (tertiary/aromatic N) is 1. The molecule has 0 amide bonds. The van der Waals surface area contributed by atoms with Gasteiger partial charge < -0.3 is 5.11 Å². The average Bonchev–Trinajstić information content (AvgIpc) is 2.56. The van der Waals surface area contributed by atoms with Crippen molar-refractivity contribution in [3.63, 3.8) is 0 Å². The minimum absolute atomic E-state index is 0.0399. The highest BCUT2D eigenvalue weighted by Gasteiger charge is 2.57. The van der Waals surface area contributed by atoms with E-state index in [4.69, 9.17) is 0 Å². The van der Waals surface area contributed by atoms with Gasteiger partial charge in [0.25, 0.3) is 0 Å². The van der Waals surface area contributed by atoms with Crippen LogP contribution >= 0.6 is 0 Å². The fourth-order valence-corrected chi connectivity index (χ4v) is 5.17. The summed E-state index contributed by atoms with van der Waals surface area (Å²) >= 11 is 0. The van der Waals surface area contributed by atoms with Crippen molar-refractivity contribution in [1.29, 1.82) is 0 Å². The fourth-order valence-electron chi connectivity index (χ4n) is 5.17. The van der Waals surface area contributed by atoms with Gasteiger partial charge in [-0.05, 0) is 66.6 Å². The predicted octanol–water partition coefficient (Wildman–Crippen LogP) is 4.07. The second-order valence-electron chi connectivity index (χ2n) is 7.62. The fraction of sp³-hybridized carbons (Fsp3) is 0.429. The summed E-state index contributed by atoms with van der Waals surface area (Å²) in [5.41, 5.74) is 4.30. The van der Waals surface area contributed by atoms with E-state index >= 15 is 0 Å². The van der Waals surface area contributed by atoms with Gasteiger partial charge in [-0.15, -0.1) is 0 Å². The van der Waals surface area contributed by atoms with Crippen LogP contribution in [0.15, 0.2) is 48.5 Å². The topological polar surface area (TPSA) is 23.5 Å². The molecule has 120 valence electrons. The minimum Gasteiger partial charge on any atom is -0.508 e. The van der Waals surface area contributed by atoms with Gasteiger partial charge in [-0.1, -0.05) is 50.2 Å². The van der Waals surface area contributed by atoms with Crippen LogP contribution in [-0.4, -0.2) is 23.6 Å². The molecule has 0 aromatic heterocycles. The molecule has 0 saturated carbocycles. The van der Waals surface area contributed by atoms with Gasteiger partial charge in [0.1, 0.15) is 5.75 Å². The van der Waals surface area contributed by atoms with Gasteiger partial charge >= 0.3 is 0 Å². The second-order valence-corrected chi connectivity index (χ2v) is 7.62. The Kier molecular flexibility index (Phi) is 3.11. The molecule has 3 atom stereocenters. The van der Waals surface area contributed by atoms with Crippen molar-refractivity contribution in [2.24, 2.45) is 5.92 Å². The molecule has 2 aromatic carbocycles. The van der Waals surface area contributed by atoms with Crippen molar-refractivity contribution in [2.75, 3.05) is 13.6 Å². The summed E-state index contributed by atoms with van der Waals surface area (Å²) in [5.74, 6) is 0.883. The number of benzene rings is 2. The number of likely N-dealkylation sites (tertiary alicyclic amines) is 1. The number of aromatic hydroxyl groups is 1. The van der Waals surface area contributed by atoms with Gasteiger partial charge in [-0.2, -0.15) is 0 Å². The molecular formula is C21H25NO. The predicted molar refractivity (Wildman–Crippen MR) is 93.7 cm³/mol. The van der Waals surface area contributed by atoms with E-state index in [1.165, 1.54) is 16.7 Å². The molecule has 1 aliphatic heterocycles. The molecular weight excluding hydrogens is 282 g/mol. The third-order valence-electron chi connectivity index (χ3n) is 6.76. The highest BCUT2D eigenvalue weighted by atomic mass is 16.3. The number of hydrogen-bond donors (Lipinski definition) is 1. The minimum atomic E-state index is 0.0399. The molecule has 2 bridgehead atoms. The molecule has 0 spiro atoms. The summed E-state index contributed by atoms with van der Waals surface area (Å²) in [5, 5.41) is 10.0. The first-order valence-electron chi connectivity index (χ1n) is 8.57. The van der Waals surface area contributed by atoms with Crippen molar-refractivity contribution in [2.45, 2.75) is 37.6 Å². The molecule has 2 unspecified atom stereocenters. The highest BCUT2D eigenvalue weighted by molar-refractivity contribution is 5.48. The number of likely N-dealkylation sites (N-methyl/N-ethyl adjacent to an activating group) is 1. The van der Waals surface area contributed by atoms with Crippen LogP contribution in [0.25, 0.3) is 0 Å². The monoisotopic (exact) mass is 307 g/mol. The van der Waals surface area contributed by atoms with E-state index in [1.807, 2.05) is 12.1 Å². The molecule has 1 aliphatic carbocycles. The zero-order valence-electron chi connectivity index (χ0n) is 14.2. The molecule has 23 heavy (non-hydrogen) atoms. The lowest BCUT2D eigenvalue weighted by Crippen LogP contribution is -2.63. The summed E-state index contributed by atoms with van der Waals surface area (Å²) in [4.78, 5) is 2.56. The summed E-state index contributed by atoms with van der Waals surface area (Å²) in [6.45, 7) is 5.88. The second kappa shape index (κ2) is 4.85. The molecule has 2 nitrogen and oxygen atoms in total. The van der Waals surface area contributed by atoms with E-state index in [0.717, 1.165) is 19.4 Å². The van der Waals surface area contributed by atoms with Crippen molar-refractivity contribution in [3.05, 3.63) is 65.2 Å². The summed E-state index contributed by atoms with van der Waals surface area (Å²) in [6.07, 6.45) is 2.15. The zero-order chi connectivity index (χ0) is 16.2. The van der Waals surface area contributed by atoms with E-state index in [-0.39, 0.29) is 11.0 Å². The summed E-state index contributed by atoms with van der Waals surface area (Å²) in [6, 6.07) is 17.0. The van der Waals surface area contributed by atoms with Crippen molar-refractivity contribution in [1.82, 2.24) is 4.90 Å². The van der Waals surface area contributed by atoms with Crippen molar-refractivity contribution < 1.29 is 5.11 Å². The molecule has 1 N–H and O–H groups in total. The van der Waals surface area contributed by atoms with Gasteiger partial charge in [0.2, 0.25) is 0 Å². The maximum absolute atomic E-state index is 10.0. The molecule has 1 fully saturated rings. The number of hydrogen-bond acceptors (Lipinski definition) is 2. The largest absolute Gasteiger partial charge is 0.508 e. The number of phenols is 1. The normalized spacial score (nSPS) is 33.3. The Labute approximate surface area is 138 Å². The SMILES string of the molecule is CC1C2(c3ccccc3)Cc3ccc(O)cc3[C@]1(C)CCN2C. The van der Waals surface area contributed by atoms with E-state index in [2.05, 4.69) is 62.2 Å². The first kappa shape index (κ1) is 14.8. The first-order valence-corrected chi connectivity index (χ1v) is 8.57. The molecule has 1 heterocycles. The van der Waals surface area contributed by atoms with Gasteiger partial charge in [-0.25, -0.2) is 0 Å². The number of rotatable bonds is 1. The Hall–Kier alpha value is -1.80. The Balaban J connectivity index is 1.98. The lowest BCUT2D eigenvalue weighted by molar-refractivity contribution is -0.0415. The van der Waals surface area contributed by atoms with Gasteiger partial charge in [0.15, 0.2) is 0 Å². The molecule has 2 heteroatoms. The maximum atomic E-state index is 10.0. The average molecular weight is 307 g/mol. The quantitative estimate of drug-likeness (QED) is 0.858. The first-order chi connectivity index (χ1) is 11.0. The van der Waals surface area contributed by atoms with Crippen LogP contribution in [0.5, 0.6) is 5.75 Å². The van der Waals surface area contributed by atoms with Crippen LogP contribution in [0.4, 0.5) is 0 Å². The third-order valence-corrected chi connectivity index (χ3v) is 6.76. The molecule has 0 radical (unpaired) electrons. The van der Waals surface area contributed by atoms with Crippen molar-refractivity contribution >= 4 is 0 Å². The Morgan fingerprint density at radius 3 is 2.61 bits per heavy atom. The maximum Gasteiger partial charge on any atom is 0.115 e. The standard InChI is InChI=1S/C21H25NO/c1-15-20(2)11-12-22(3)21(15,17-7-5-4-6-8-17)14-16-9-10-18(23)13-19(16)20/h4-10,13,15,23H,11-12,14H2,1-3H3/t15?,20-,21?/m1/s1. The van der Waals surface area contributed by atoms with E-state index in [9.17, 15) is 5.11 Å². The number of phenolic OH excluding ortho intramolecular Hbond substituents is 1. The van der Waals surface area contributed by atoms with E-state index in [0.29, 0.717) is 11.7 Å². The lowest BCUT2D eigenvalue weighted by atomic mass is 9.52. The molecule has 4 rings (SSSR count). The van der Waals surface area contributed by atoms with Crippen LogP contribution in [0.3, 0.4) is 0 Å². The van der Waals surface area contributed by atoms with Crippen LogP contribution in [0, 0.1) is 5.92 Å². The van der Waals surface area contributed by atoms with Crippen LogP contribution in [0.2, 0.25) is 0 Å². The Morgan fingerprint density at radius 2 is 1.87 bits per heavy atom. The van der Waals surface area contributed by atoms with Gasteiger partial charge in [0.05, 0.1) is 5.54 Å². The Bertz CT molecular complexity index is 741. The van der Waals surface area contributed by atoms with Gasteiger partial charge in [-0.3, -0.25) is 4.90 Å². The molecule has 2 aliphatic rings.